The first-order valence-corrected chi connectivity index (χ1v) is 11.5. The van der Waals surface area contributed by atoms with Gasteiger partial charge in [-0.05, 0) is 51.7 Å². The summed E-state index contributed by atoms with van der Waals surface area (Å²) in [6, 6.07) is 3.51. The highest BCUT2D eigenvalue weighted by atomic mass is 35.5. The maximum atomic E-state index is 13.0. The second kappa shape index (κ2) is 8.91. The van der Waals surface area contributed by atoms with Gasteiger partial charge in [-0.1, -0.05) is 11.6 Å². The Morgan fingerprint density at radius 2 is 1.91 bits per heavy atom. The molecule has 0 spiro atoms. The summed E-state index contributed by atoms with van der Waals surface area (Å²) >= 11 is 6.51. The molecule has 0 saturated heterocycles. The van der Waals surface area contributed by atoms with E-state index < -0.39 is 5.79 Å². The molecule has 1 amide bonds. The maximum Gasteiger partial charge on any atom is 0.256 e. The molecule has 1 atom stereocenters. The fraction of sp³-hybridized carbons (Fsp3) is 0.500. The Bertz CT molecular complexity index is 1140. The molecule has 1 aromatic heterocycles. The fourth-order valence-electron chi connectivity index (χ4n) is 4.69. The van der Waals surface area contributed by atoms with Crippen molar-refractivity contribution in [3.63, 3.8) is 0 Å². The van der Waals surface area contributed by atoms with Gasteiger partial charge in [-0.2, -0.15) is 0 Å². The predicted octanol–water partition coefficient (Wildman–Crippen LogP) is 3.59. The Morgan fingerprint density at radius 1 is 1.24 bits per heavy atom. The third-order valence-electron chi connectivity index (χ3n) is 6.68. The molecule has 2 heterocycles. The molecular weight excluding hydrogens is 446 g/mol. The lowest BCUT2D eigenvalue weighted by atomic mass is 9.81. The highest BCUT2D eigenvalue weighted by molar-refractivity contribution is 6.33. The first-order valence-electron chi connectivity index (χ1n) is 11.1. The number of hydrogen-bond acceptors (Lipinski definition) is 6. The summed E-state index contributed by atoms with van der Waals surface area (Å²) in [6.45, 7) is 5.48. The van der Waals surface area contributed by atoms with Crippen molar-refractivity contribution >= 4 is 17.5 Å². The summed E-state index contributed by atoms with van der Waals surface area (Å²) in [6.07, 6.45) is 3.65. The number of aromatic nitrogens is 1. The van der Waals surface area contributed by atoms with E-state index in [1.54, 1.807) is 26.0 Å². The minimum absolute atomic E-state index is 0.00314. The molecule has 8 nitrogen and oxygen atoms in total. The second-order valence-electron chi connectivity index (χ2n) is 9.03. The molecule has 0 bridgehead atoms. The zero-order valence-electron chi connectivity index (χ0n) is 19.3. The number of aromatic amines is 1. The second-order valence-corrected chi connectivity index (χ2v) is 9.44. The summed E-state index contributed by atoms with van der Waals surface area (Å²) in [7, 11) is 1.48. The molecule has 1 unspecified atom stereocenters. The lowest BCUT2D eigenvalue weighted by Gasteiger charge is -2.36. The normalized spacial score (nSPS) is 23.9. The maximum absolute atomic E-state index is 13.0. The number of benzene rings is 1. The van der Waals surface area contributed by atoms with Crippen molar-refractivity contribution in [2.24, 2.45) is 11.7 Å². The average Bonchev–Trinajstić information content (AvgIpc) is 3.15. The van der Waals surface area contributed by atoms with Crippen molar-refractivity contribution in [2.45, 2.75) is 64.8 Å². The van der Waals surface area contributed by atoms with E-state index in [1.807, 2.05) is 6.92 Å². The SMILES string of the molecule is COc1cc(C)[nH]c(=O)c1CNC(=O)c1cc(Cl)c2c(c1C)OC(C)([C@H]1CC[C@H](N)CC1)O2. The van der Waals surface area contributed by atoms with Crippen LogP contribution in [0.25, 0.3) is 0 Å². The topological polar surface area (TPSA) is 116 Å². The van der Waals surface area contributed by atoms with E-state index >= 15 is 0 Å². The summed E-state index contributed by atoms with van der Waals surface area (Å²) in [5.74, 6) is 0.308. The van der Waals surface area contributed by atoms with Crippen LogP contribution in [-0.2, 0) is 6.54 Å². The molecule has 1 aliphatic heterocycles. The number of rotatable bonds is 5. The van der Waals surface area contributed by atoms with Crippen LogP contribution in [-0.4, -0.2) is 29.8 Å². The molecule has 1 aliphatic carbocycles. The summed E-state index contributed by atoms with van der Waals surface area (Å²) in [4.78, 5) is 28.1. The van der Waals surface area contributed by atoms with E-state index in [4.69, 9.17) is 31.5 Å². The van der Waals surface area contributed by atoms with E-state index in [1.165, 1.54) is 7.11 Å². The van der Waals surface area contributed by atoms with Crippen LogP contribution in [0.15, 0.2) is 16.9 Å². The largest absolute Gasteiger partial charge is 0.496 e. The van der Waals surface area contributed by atoms with Crippen LogP contribution in [0.5, 0.6) is 17.2 Å². The van der Waals surface area contributed by atoms with Gasteiger partial charge in [0.1, 0.15) is 5.75 Å². The minimum Gasteiger partial charge on any atom is -0.496 e. The van der Waals surface area contributed by atoms with Crippen molar-refractivity contribution in [2.75, 3.05) is 7.11 Å². The van der Waals surface area contributed by atoms with Gasteiger partial charge in [-0.25, -0.2) is 0 Å². The molecule has 4 N–H and O–H groups in total. The van der Waals surface area contributed by atoms with Crippen LogP contribution in [0, 0.1) is 19.8 Å². The Balaban J connectivity index is 1.55. The number of nitrogens with two attached hydrogens (primary N) is 1. The number of pyridine rings is 1. The number of hydrogen-bond donors (Lipinski definition) is 3. The Kier molecular flexibility index (Phi) is 6.33. The van der Waals surface area contributed by atoms with Crippen LogP contribution in [0.3, 0.4) is 0 Å². The molecule has 2 aliphatic rings. The third kappa shape index (κ3) is 4.42. The summed E-state index contributed by atoms with van der Waals surface area (Å²) in [5.41, 5.74) is 7.75. The monoisotopic (exact) mass is 475 g/mol. The van der Waals surface area contributed by atoms with Gasteiger partial charge in [0.2, 0.25) is 0 Å². The number of amides is 1. The molecule has 33 heavy (non-hydrogen) atoms. The van der Waals surface area contributed by atoms with E-state index in [0.717, 1.165) is 25.7 Å². The number of halogens is 1. The van der Waals surface area contributed by atoms with Crippen molar-refractivity contribution < 1.29 is 19.0 Å². The molecule has 1 fully saturated rings. The summed E-state index contributed by atoms with van der Waals surface area (Å²) in [5, 5.41) is 3.10. The quantitative estimate of drug-likeness (QED) is 0.608. The molecular formula is C24H30ClN3O5. The highest BCUT2D eigenvalue weighted by Crippen LogP contribution is 2.51. The summed E-state index contributed by atoms with van der Waals surface area (Å²) < 4.78 is 17.8. The van der Waals surface area contributed by atoms with Gasteiger partial charge < -0.3 is 30.2 Å². The number of carbonyl (C=O) groups is 1. The van der Waals surface area contributed by atoms with Gasteiger partial charge in [-0.15, -0.1) is 0 Å². The number of aryl methyl sites for hydroxylation is 1. The zero-order valence-corrected chi connectivity index (χ0v) is 20.1. The minimum atomic E-state index is -0.853. The number of ether oxygens (including phenoxy) is 3. The number of methoxy groups -OCH3 is 1. The first kappa shape index (κ1) is 23.4. The fourth-order valence-corrected chi connectivity index (χ4v) is 4.92. The standard InChI is InChI=1S/C24H30ClN3O5/c1-12-9-19(31-4)17(23(30)28-12)11-27-22(29)16-10-18(25)21-20(13(16)2)32-24(3,33-21)14-5-7-15(26)8-6-14/h9-10,14-15H,5-8,11,26H2,1-4H3,(H,27,29)(H,28,30)/t14-,15-,24?. The highest BCUT2D eigenvalue weighted by Gasteiger charge is 2.47. The number of carbonyl (C=O) groups excluding carboxylic acids is 1. The van der Waals surface area contributed by atoms with Crippen molar-refractivity contribution in [3.05, 3.63) is 49.9 Å². The molecule has 9 heteroatoms. The lowest BCUT2D eigenvalue weighted by Crippen LogP contribution is -2.46. The predicted molar refractivity (Wildman–Crippen MR) is 125 cm³/mol. The molecule has 178 valence electrons. The van der Waals surface area contributed by atoms with Crippen LogP contribution < -0.4 is 30.8 Å². The lowest BCUT2D eigenvalue weighted by molar-refractivity contribution is -0.120. The van der Waals surface area contributed by atoms with Gasteiger partial charge in [-0.3, -0.25) is 9.59 Å². The van der Waals surface area contributed by atoms with Crippen LogP contribution in [0.2, 0.25) is 5.02 Å². The molecule has 2 aromatic rings. The Hall–Kier alpha value is -2.71. The smallest absolute Gasteiger partial charge is 0.256 e. The molecule has 1 aromatic carbocycles. The van der Waals surface area contributed by atoms with Crippen LogP contribution in [0.1, 0.15) is 59.8 Å². The van der Waals surface area contributed by atoms with Crippen LogP contribution >= 0.6 is 11.6 Å². The number of nitrogens with one attached hydrogen (secondary N) is 2. The van der Waals surface area contributed by atoms with Crippen molar-refractivity contribution in [1.82, 2.24) is 10.3 Å². The van der Waals surface area contributed by atoms with Gasteiger partial charge in [0.25, 0.3) is 17.3 Å². The van der Waals surface area contributed by atoms with E-state index in [2.05, 4.69) is 10.3 Å². The Morgan fingerprint density at radius 3 is 2.58 bits per heavy atom. The third-order valence-corrected chi connectivity index (χ3v) is 6.96. The van der Waals surface area contributed by atoms with Gasteiger partial charge in [0.05, 0.1) is 24.2 Å². The number of fused-ring (bicyclic) bond motifs is 1. The van der Waals surface area contributed by atoms with Crippen LogP contribution in [0.4, 0.5) is 0 Å². The Labute approximate surface area is 197 Å². The van der Waals surface area contributed by atoms with E-state index in [-0.39, 0.29) is 30.0 Å². The number of H-pyrrole nitrogens is 1. The van der Waals surface area contributed by atoms with E-state index in [9.17, 15) is 9.59 Å². The first-order chi connectivity index (χ1) is 15.6. The van der Waals surface area contributed by atoms with E-state index in [0.29, 0.717) is 44.7 Å². The van der Waals surface area contributed by atoms with Gasteiger partial charge >= 0.3 is 0 Å². The van der Waals surface area contributed by atoms with Gasteiger partial charge in [0, 0.05) is 35.7 Å². The van der Waals surface area contributed by atoms with Crippen molar-refractivity contribution in [1.29, 1.82) is 0 Å². The van der Waals surface area contributed by atoms with Crippen molar-refractivity contribution in [3.8, 4) is 17.2 Å². The molecule has 4 rings (SSSR count). The zero-order chi connectivity index (χ0) is 23.9. The average molecular weight is 476 g/mol. The molecule has 1 saturated carbocycles. The molecule has 0 radical (unpaired) electrons. The van der Waals surface area contributed by atoms with Gasteiger partial charge in [0.15, 0.2) is 11.5 Å².